The molecular weight excluding hydrogens is 228 g/mol. The number of carbonyl (C=O) groups excluding carboxylic acids is 1. The van der Waals surface area contributed by atoms with Gasteiger partial charge in [0.2, 0.25) is 11.8 Å². The van der Waals surface area contributed by atoms with Gasteiger partial charge >= 0.3 is 0 Å². The van der Waals surface area contributed by atoms with E-state index in [0.717, 1.165) is 16.9 Å². The number of anilines is 1. The molecule has 0 atom stereocenters. The van der Waals surface area contributed by atoms with Gasteiger partial charge in [-0.3, -0.25) is 4.79 Å². The Labute approximate surface area is 109 Å². The maximum Gasteiger partial charge on any atom is 0.221 e. The van der Waals surface area contributed by atoms with Crippen LogP contribution in [0.1, 0.15) is 57.7 Å². The van der Waals surface area contributed by atoms with Crippen molar-refractivity contribution in [1.29, 1.82) is 0 Å². The Hall–Kier alpha value is -1.58. The van der Waals surface area contributed by atoms with Gasteiger partial charge in [0, 0.05) is 13.0 Å². The van der Waals surface area contributed by atoms with Crippen molar-refractivity contribution < 1.29 is 9.53 Å². The highest BCUT2D eigenvalue weighted by molar-refractivity contribution is 5.90. The summed E-state index contributed by atoms with van der Waals surface area (Å²) >= 11 is 0. The summed E-state index contributed by atoms with van der Waals surface area (Å²) in [4.78, 5) is 15.8. The molecule has 0 saturated heterocycles. The lowest BCUT2D eigenvalue weighted by Gasteiger charge is -2.20. The molecule has 4 nitrogen and oxygen atoms in total. The predicted octanol–water partition coefficient (Wildman–Crippen LogP) is 3.30. The van der Waals surface area contributed by atoms with Gasteiger partial charge in [0.25, 0.3) is 0 Å². The average Bonchev–Trinajstić information content (AvgIpc) is 2.27. The lowest BCUT2D eigenvalue weighted by atomic mass is 9.97. The monoisotopic (exact) mass is 250 g/mol. The molecule has 0 bridgehead atoms. The van der Waals surface area contributed by atoms with Crippen LogP contribution in [0.15, 0.2) is 6.07 Å². The van der Waals surface area contributed by atoms with Crippen molar-refractivity contribution in [2.45, 2.75) is 46.5 Å². The van der Waals surface area contributed by atoms with E-state index in [1.54, 1.807) is 7.11 Å². The maximum atomic E-state index is 11.3. The Kier molecular flexibility index (Phi) is 4.70. The molecule has 0 saturated carbocycles. The summed E-state index contributed by atoms with van der Waals surface area (Å²) in [6.07, 6.45) is 0. The minimum absolute atomic E-state index is 0.0780. The number of aromatic nitrogens is 1. The highest BCUT2D eigenvalue weighted by Gasteiger charge is 2.18. The highest BCUT2D eigenvalue weighted by atomic mass is 16.5. The molecule has 1 amide bonds. The standard InChI is InChI=1S/C14H22N2O2/c1-8(2)11-7-12(18-6)16-13(9(3)4)14(11)15-10(5)17/h7-9H,1-6H3,(H,15,17). The van der Waals surface area contributed by atoms with Crippen LogP contribution in [-0.4, -0.2) is 18.0 Å². The molecule has 0 aromatic carbocycles. The van der Waals surface area contributed by atoms with Crippen molar-refractivity contribution >= 4 is 11.6 Å². The van der Waals surface area contributed by atoms with E-state index in [9.17, 15) is 4.79 Å². The van der Waals surface area contributed by atoms with Crippen molar-refractivity contribution in [3.8, 4) is 5.88 Å². The van der Waals surface area contributed by atoms with Gasteiger partial charge in [0.15, 0.2) is 0 Å². The number of hydrogen-bond donors (Lipinski definition) is 1. The second-order valence-corrected chi connectivity index (χ2v) is 5.00. The second-order valence-electron chi connectivity index (χ2n) is 5.00. The number of methoxy groups -OCH3 is 1. The van der Waals surface area contributed by atoms with Gasteiger partial charge in [-0.05, 0) is 17.4 Å². The molecule has 18 heavy (non-hydrogen) atoms. The normalized spacial score (nSPS) is 10.9. The van der Waals surface area contributed by atoms with Crippen LogP contribution in [0.25, 0.3) is 0 Å². The van der Waals surface area contributed by atoms with Crippen LogP contribution in [-0.2, 0) is 4.79 Å². The average molecular weight is 250 g/mol. The van der Waals surface area contributed by atoms with Gasteiger partial charge in [-0.25, -0.2) is 4.98 Å². The smallest absolute Gasteiger partial charge is 0.221 e. The summed E-state index contributed by atoms with van der Waals surface area (Å²) in [5, 5.41) is 2.90. The Morgan fingerprint density at radius 2 is 1.89 bits per heavy atom. The maximum absolute atomic E-state index is 11.3. The third kappa shape index (κ3) is 3.22. The summed E-state index contributed by atoms with van der Waals surface area (Å²) < 4.78 is 5.23. The molecule has 1 aromatic heterocycles. The molecule has 1 N–H and O–H groups in total. The first-order valence-electron chi connectivity index (χ1n) is 6.23. The number of amides is 1. The fraction of sp³-hybridized carbons (Fsp3) is 0.571. The van der Waals surface area contributed by atoms with E-state index < -0.39 is 0 Å². The first kappa shape index (κ1) is 14.5. The van der Waals surface area contributed by atoms with E-state index in [1.807, 2.05) is 6.07 Å². The molecule has 0 aliphatic heterocycles. The third-order valence-corrected chi connectivity index (χ3v) is 2.73. The van der Waals surface area contributed by atoms with Gasteiger partial charge in [-0.15, -0.1) is 0 Å². The first-order chi connectivity index (χ1) is 8.36. The van der Waals surface area contributed by atoms with Crippen LogP contribution < -0.4 is 10.1 Å². The summed E-state index contributed by atoms with van der Waals surface area (Å²) in [7, 11) is 1.61. The lowest BCUT2D eigenvalue weighted by molar-refractivity contribution is -0.114. The van der Waals surface area contributed by atoms with E-state index in [4.69, 9.17) is 4.74 Å². The van der Waals surface area contributed by atoms with Gasteiger partial charge < -0.3 is 10.1 Å². The minimum Gasteiger partial charge on any atom is -0.481 e. The zero-order valence-corrected chi connectivity index (χ0v) is 12.0. The highest BCUT2D eigenvalue weighted by Crippen LogP contribution is 2.33. The van der Waals surface area contributed by atoms with E-state index in [1.165, 1.54) is 6.92 Å². The van der Waals surface area contributed by atoms with Gasteiger partial charge in [0.1, 0.15) is 0 Å². The molecule has 0 spiro atoms. The van der Waals surface area contributed by atoms with Gasteiger partial charge in [-0.2, -0.15) is 0 Å². The summed E-state index contributed by atoms with van der Waals surface area (Å²) in [5.41, 5.74) is 2.75. The van der Waals surface area contributed by atoms with Crippen molar-refractivity contribution in [3.63, 3.8) is 0 Å². The second kappa shape index (κ2) is 5.85. The summed E-state index contributed by atoms with van der Waals surface area (Å²) in [6.45, 7) is 9.79. The van der Waals surface area contributed by atoms with Crippen molar-refractivity contribution in [2.24, 2.45) is 0 Å². The van der Waals surface area contributed by atoms with Crippen molar-refractivity contribution in [1.82, 2.24) is 4.98 Å². The first-order valence-corrected chi connectivity index (χ1v) is 6.23. The van der Waals surface area contributed by atoms with Crippen LogP contribution >= 0.6 is 0 Å². The molecule has 0 radical (unpaired) electrons. The van der Waals surface area contributed by atoms with Crippen LogP contribution in [0.5, 0.6) is 5.88 Å². The number of nitrogens with one attached hydrogen (secondary N) is 1. The zero-order valence-electron chi connectivity index (χ0n) is 12.0. The Bertz CT molecular complexity index is 410. The number of carbonyl (C=O) groups is 1. The van der Waals surface area contributed by atoms with Crippen molar-refractivity contribution in [3.05, 3.63) is 17.3 Å². The molecule has 1 heterocycles. The lowest BCUT2D eigenvalue weighted by Crippen LogP contribution is -2.14. The van der Waals surface area contributed by atoms with Gasteiger partial charge in [0.05, 0.1) is 18.5 Å². The van der Waals surface area contributed by atoms with Crippen LogP contribution in [0.4, 0.5) is 5.69 Å². The number of pyridine rings is 1. The number of ether oxygens (including phenoxy) is 1. The third-order valence-electron chi connectivity index (χ3n) is 2.73. The van der Waals surface area contributed by atoms with E-state index in [-0.39, 0.29) is 11.8 Å². The fourth-order valence-corrected chi connectivity index (χ4v) is 1.85. The van der Waals surface area contributed by atoms with Crippen LogP contribution in [0.2, 0.25) is 0 Å². The molecule has 100 valence electrons. The van der Waals surface area contributed by atoms with Gasteiger partial charge in [-0.1, -0.05) is 27.7 Å². The number of hydrogen-bond acceptors (Lipinski definition) is 3. The predicted molar refractivity (Wildman–Crippen MR) is 73.3 cm³/mol. The van der Waals surface area contributed by atoms with Crippen LogP contribution in [0, 0.1) is 0 Å². The summed E-state index contributed by atoms with van der Waals surface area (Å²) in [5.74, 6) is 1.03. The quantitative estimate of drug-likeness (QED) is 0.892. The van der Waals surface area contributed by atoms with E-state index >= 15 is 0 Å². The van der Waals surface area contributed by atoms with Crippen LogP contribution in [0.3, 0.4) is 0 Å². The fourth-order valence-electron chi connectivity index (χ4n) is 1.85. The molecule has 1 rings (SSSR count). The molecule has 0 fully saturated rings. The molecule has 0 unspecified atom stereocenters. The Morgan fingerprint density at radius 1 is 1.28 bits per heavy atom. The topological polar surface area (TPSA) is 51.2 Å². The Balaban J connectivity index is 3.44. The molecular formula is C14H22N2O2. The SMILES string of the molecule is COc1cc(C(C)C)c(NC(C)=O)c(C(C)C)n1. The van der Waals surface area contributed by atoms with E-state index in [0.29, 0.717) is 11.8 Å². The minimum atomic E-state index is -0.0780. The van der Waals surface area contributed by atoms with Crippen molar-refractivity contribution in [2.75, 3.05) is 12.4 Å². The number of rotatable bonds is 4. The largest absolute Gasteiger partial charge is 0.481 e. The molecule has 1 aromatic rings. The molecule has 0 aliphatic carbocycles. The molecule has 0 aliphatic rings. The van der Waals surface area contributed by atoms with E-state index in [2.05, 4.69) is 38.0 Å². The zero-order chi connectivity index (χ0) is 13.9. The molecule has 4 heteroatoms. The summed E-state index contributed by atoms with van der Waals surface area (Å²) in [6, 6.07) is 1.89. The Morgan fingerprint density at radius 3 is 2.28 bits per heavy atom. The number of nitrogens with zero attached hydrogens (tertiary/aromatic N) is 1.